The third kappa shape index (κ3) is 1.64. The second-order valence-electron chi connectivity index (χ2n) is 3.81. The Morgan fingerprint density at radius 3 is 2.33 bits per heavy atom. The summed E-state index contributed by atoms with van der Waals surface area (Å²) in [6.07, 6.45) is 0. The summed E-state index contributed by atoms with van der Waals surface area (Å²) >= 11 is 0. The number of rotatable bonds is 1. The molecule has 0 aliphatic carbocycles. The normalized spacial score (nSPS) is 13.6. The summed E-state index contributed by atoms with van der Waals surface area (Å²) in [6.45, 7) is 0. The zero-order valence-corrected chi connectivity index (χ0v) is 9.33. The SMILES string of the molecule is OC1=C(c2ccccc2)Oc2cccc(O)c2O1. The molecule has 2 N–H and O–H groups in total. The number of para-hydroxylation sites is 1. The maximum absolute atomic E-state index is 9.81. The number of aliphatic hydroxyl groups excluding tert-OH is 1. The third-order valence-corrected chi connectivity index (χ3v) is 2.60. The van der Waals surface area contributed by atoms with E-state index in [2.05, 4.69) is 0 Å². The smallest absolute Gasteiger partial charge is 0.328 e. The van der Waals surface area contributed by atoms with Crippen molar-refractivity contribution in [2.24, 2.45) is 0 Å². The van der Waals surface area contributed by atoms with E-state index in [0.717, 1.165) is 0 Å². The highest BCUT2D eigenvalue weighted by molar-refractivity contribution is 5.67. The molecule has 2 aromatic carbocycles. The minimum absolute atomic E-state index is 0.0776. The van der Waals surface area contributed by atoms with E-state index >= 15 is 0 Å². The molecule has 1 aliphatic rings. The standard InChI is InChI=1S/C14H10O4/c15-10-7-4-8-11-13(10)18-14(16)12(17-11)9-5-2-1-3-6-9/h1-8,15-16H. The first kappa shape index (κ1) is 10.5. The van der Waals surface area contributed by atoms with Gasteiger partial charge in [0.2, 0.25) is 11.5 Å². The fourth-order valence-electron chi connectivity index (χ4n) is 1.76. The first-order valence-electron chi connectivity index (χ1n) is 5.42. The van der Waals surface area contributed by atoms with Crippen molar-refractivity contribution in [3.05, 3.63) is 60.0 Å². The van der Waals surface area contributed by atoms with Crippen molar-refractivity contribution < 1.29 is 19.7 Å². The molecular formula is C14H10O4. The van der Waals surface area contributed by atoms with E-state index in [0.29, 0.717) is 11.3 Å². The summed E-state index contributed by atoms with van der Waals surface area (Å²) in [5.74, 6) is 0.274. The number of hydrogen-bond donors (Lipinski definition) is 2. The van der Waals surface area contributed by atoms with Crippen LogP contribution in [0.1, 0.15) is 5.56 Å². The van der Waals surface area contributed by atoms with E-state index in [1.54, 1.807) is 24.3 Å². The Morgan fingerprint density at radius 1 is 0.778 bits per heavy atom. The van der Waals surface area contributed by atoms with E-state index in [1.807, 2.05) is 18.2 Å². The number of aromatic hydroxyl groups is 1. The molecule has 0 saturated carbocycles. The van der Waals surface area contributed by atoms with Gasteiger partial charge in [-0.2, -0.15) is 0 Å². The van der Waals surface area contributed by atoms with Crippen molar-refractivity contribution in [3.63, 3.8) is 0 Å². The van der Waals surface area contributed by atoms with E-state index in [-0.39, 0.29) is 23.2 Å². The fourth-order valence-corrected chi connectivity index (χ4v) is 1.76. The minimum Gasteiger partial charge on any atom is -0.504 e. The number of hydrogen-bond acceptors (Lipinski definition) is 4. The van der Waals surface area contributed by atoms with Gasteiger partial charge in [-0.3, -0.25) is 0 Å². The van der Waals surface area contributed by atoms with Gasteiger partial charge in [-0.25, -0.2) is 0 Å². The number of benzene rings is 2. The molecule has 0 atom stereocenters. The van der Waals surface area contributed by atoms with Crippen LogP contribution in [-0.2, 0) is 0 Å². The molecule has 4 heteroatoms. The number of phenolic OH excluding ortho intramolecular Hbond substituents is 1. The molecule has 0 saturated heterocycles. The van der Waals surface area contributed by atoms with Crippen molar-refractivity contribution in [2.75, 3.05) is 0 Å². The maximum Gasteiger partial charge on any atom is 0.328 e. The Balaban J connectivity index is 2.06. The zero-order chi connectivity index (χ0) is 12.5. The van der Waals surface area contributed by atoms with Crippen LogP contribution in [0.5, 0.6) is 17.2 Å². The molecule has 0 bridgehead atoms. The molecule has 0 unspecified atom stereocenters. The van der Waals surface area contributed by atoms with E-state index < -0.39 is 0 Å². The molecule has 90 valence electrons. The van der Waals surface area contributed by atoms with Crippen molar-refractivity contribution in [1.82, 2.24) is 0 Å². The van der Waals surface area contributed by atoms with E-state index in [4.69, 9.17) is 9.47 Å². The number of aliphatic hydroxyl groups is 1. The second kappa shape index (κ2) is 4.00. The second-order valence-corrected chi connectivity index (χ2v) is 3.81. The number of fused-ring (bicyclic) bond motifs is 1. The molecule has 1 aliphatic heterocycles. The van der Waals surface area contributed by atoms with Gasteiger partial charge in [0.1, 0.15) is 0 Å². The average Bonchev–Trinajstić information content (AvgIpc) is 2.40. The molecule has 2 aromatic rings. The summed E-state index contributed by atoms with van der Waals surface area (Å²) in [5.41, 5.74) is 0.698. The van der Waals surface area contributed by atoms with Gasteiger partial charge in [0.05, 0.1) is 0 Å². The van der Waals surface area contributed by atoms with Gasteiger partial charge in [-0.1, -0.05) is 36.4 Å². The Labute approximate surface area is 103 Å². The van der Waals surface area contributed by atoms with Gasteiger partial charge < -0.3 is 19.7 Å². The van der Waals surface area contributed by atoms with Crippen LogP contribution < -0.4 is 9.47 Å². The highest BCUT2D eigenvalue weighted by Gasteiger charge is 2.24. The van der Waals surface area contributed by atoms with Crippen LogP contribution in [0.25, 0.3) is 5.76 Å². The van der Waals surface area contributed by atoms with Gasteiger partial charge in [0, 0.05) is 5.56 Å². The van der Waals surface area contributed by atoms with Crippen LogP contribution in [-0.4, -0.2) is 10.2 Å². The van der Waals surface area contributed by atoms with Crippen LogP contribution in [0.2, 0.25) is 0 Å². The van der Waals surface area contributed by atoms with Gasteiger partial charge in [-0.15, -0.1) is 0 Å². The molecule has 3 rings (SSSR count). The topological polar surface area (TPSA) is 58.9 Å². The third-order valence-electron chi connectivity index (χ3n) is 2.60. The van der Waals surface area contributed by atoms with Crippen LogP contribution in [0, 0.1) is 0 Å². The fraction of sp³-hybridized carbons (Fsp3) is 0. The Bertz CT molecular complexity index is 617. The summed E-state index contributed by atoms with van der Waals surface area (Å²) in [6, 6.07) is 13.9. The highest BCUT2D eigenvalue weighted by atomic mass is 16.6. The summed E-state index contributed by atoms with van der Waals surface area (Å²) in [5, 5.41) is 19.4. The molecule has 18 heavy (non-hydrogen) atoms. The van der Waals surface area contributed by atoms with E-state index in [1.165, 1.54) is 6.07 Å². The number of phenols is 1. The predicted molar refractivity (Wildman–Crippen MR) is 65.4 cm³/mol. The van der Waals surface area contributed by atoms with Gasteiger partial charge in [0.25, 0.3) is 0 Å². The predicted octanol–water partition coefficient (Wildman–Crippen LogP) is 3.05. The van der Waals surface area contributed by atoms with Crippen molar-refractivity contribution >= 4 is 5.76 Å². The lowest BCUT2D eigenvalue weighted by molar-refractivity contribution is 0.176. The minimum atomic E-state index is -0.366. The lowest BCUT2D eigenvalue weighted by Crippen LogP contribution is -2.10. The van der Waals surface area contributed by atoms with Crippen LogP contribution in [0.4, 0.5) is 0 Å². The zero-order valence-electron chi connectivity index (χ0n) is 9.33. The Morgan fingerprint density at radius 2 is 1.56 bits per heavy atom. The van der Waals surface area contributed by atoms with Crippen LogP contribution in [0.3, 0.4) is 0 Å². The molecule has 1 heterocycles. The Hall–Kier alpha value is -2.62. The quantitative estimate of drug-likeness (QED) is 0.806. The monoisotopic (exact) mass is 242 g/mol. The lowest BCUT2D eigenvalue weighted by Gasteiger charge is -2.20. The highest BCUT2D eigenvalue weighted by Crippen LogP contribution is 2.43. The first-order chi connectivity index (χ1) is 8.75. The van der Waals surface area contributed by atoms with Crippen LogP contribution in [0.15, 0.2) is 54.5 Å². The average molecular weight is 242 g/mol. The first-order valence-corrected chi connectivity index (χ1v) is 5.42. The van der Waals surface area contributed by atoms with Gasteiger partial charge in [0.15, 0.2) is 11.5 Å². The van der Waals surface area contributed by atoms with Crippen LogP contribution >= 0.6 is 0 Å². The van der Waals surface area contributed by atoms with Gasteiger partial charge >= 0.3 is 5.95 Å². The summed E-state index contributed by atoms with van der Waals surface area (Å²) in [4.78, 5) is 0. The molecule has 4 nitrogen and oxygen atoms in total. The Kier molecular flexibility index (Phi) is 2.34. The van der Waals surface area contributed by atoms with Crippen molar-refractivity contribution in [3.8, 4) is 17.2 Å². The lowest BCUT2D eigenvalue weighted by atomic mass is 10.2. The summed E-state index contributed by atoms with van der Waals surface area (Å²) in [7, 11) is 0. The van der Waals surface area contributed by atoms with Crippen molar-refractivity contribution in [1.29, 1.82) is 0 Å². The molecule has 0 radical (unpaired) electrons. The molecule has 0 amide bonds. The molecule has 0 fully saturated rings. The molecular weight excluding hydrogens is 232 g/mol. The molecule has 0 aromatic heterocycles. The number of ether oxygens (including phenoxy) is 2. The maximum atomic E-state index is 9.81. The van der Waals surface area contributed by atoms with Crippen molar-refractivity contribution in [2.45, 2.75) is 0 Å². The largest absolute Gasteiger partial charge is 0.504 e. The molecule has 0 spiro atoms. The van der Waals surface area contributed by atoms with Gasteiger partial charge in [-0.05, 0) is 12.1 Å². The van der Waals surface area contributed by atoms with E-state index in [9.17, 15) is 10.2 Å². The summed E-state index contributed by atoms with van der Waals surface area (Å²) < 4.78 is 10.7.